The molecule has 0 fully saturated rings. The highest BCUT2D eigenvalue weighted by Gasteiger charge is 2.11. The lowest BCUT2D eigenvalue weighted by molar-refractivity contribution is -0.116. The summed E-state index contributed by atoms with van der Waals surface area (Å²) in [4.78, 5) is 25.6. The minimum atomic E-state index is -0.104. The van der Waals surface area contributed by atoms with Crippen molar-refractivity contribution in [2.24, 2.45) is 7.05 Å². The molecule has 5 nitrogen and oxygen atoms in total. The second-order valence-electron chi connectivity index (χ2n) is 5.51. The topological polar surface area (TPSA) is 56.0 Å². The molecule has 0 atom stereocenters. The van der Waals surface area contributed by atoms with Crippen molar-refractivity contribution in [3.05, 3.63) is 59.0 Å². The van der Waals surface area contributed by atoms with Gasteiger partial charge in [0.2, 0.25) is 5.91 Å². The van der Waals surface area contributed by atoms with E-state index in [4.69, 9.17) is 0 Å². The molecule has 1 N–H and O–H groups in total. The van der Waals surface area contributed by atoms with E-state index >= 15 is 0 Å². The lowest BCUT2D eigenvalue weighted by Crippen LogP contribution is -2.24. The van der Waals surface area contributed by atoms with Crippen molar-refractivity contribution in [3.8, 4) is 0 Å². The SMILES string of the molecule is CSc1cccc(NC(=O)CCn2c(=O)n(C)c3ccccc32)c1. The molecule has 24 heavy (non-hydrogen) atoms. The molecule has 3 rings (SSSR count). The molecule has 124 valence electrons. The molecule has 0 aliphatic rings. The minimum Gasteiger partial charge on any atom is -0.326 e. The summed E-state index contributed by atoms with van der Waals surface area (Å²) in [6, 6.07) is 15.3. The highest BCUT2D eigenvalue weighted by Crippen LogP contribution is 2.19. The molecule has 0 radical (unpaired) electrons. The molecular formula is C18H19N3O2S. The average molecular weight is 341 g/mol. The number of rotatable bonds is 5. The number of carbonyl (C=O) groups excluding carboxylic acids is 1. The molecule has 3 aromatic rings. The van der Waals surface area contributed by atoms with E-state index in [1.165, 1.54) is 0 Å². The number of thioether (sulfide) groups is 1. The van der Waals surface area contributed by atoms with Crippen LogP contribution in [0.3, 0.4) is 0 Å². The number of imidazole rings is 1. The van der Waals surface area contributed by atoms with Gasteiger partial charge in [-0.2, -0.15) is 0 Å². The van der Waals surface area contributed by atoms with Gasteiger partial charge in [0, 0.05) is 30.6 Å². The Morgan fingerprint density at radius 3 is 2.62 bits per heavy atom. The fourth-order valence-electron chi connectivity index (χ4n) is 2.72. The minimum absolute atomic E-state index is 0.103. The van der Waals surface area contributed by atoms with Crippen LogP contribution in [0, 0.1) is 0 Å². The van der Waals surface area contributed by atoms with Gasteiger partial charge in [-0.1, -0.05) is 18.2 Å². The first kappa shape index (κ1) is 16.4. The van der Waals surface area contributed by atoms with Crippen LogP contribution in [-0.4, -0.2) is 21.3 Å². The number of anilines is 1. The van der Waals surface area contributed by atoms with Gasteiger partial charge in [-0.15, -0.1) is 11.8 Å². The van der Waals surface area contributed by atoms with E-state index in [1.807, 2.05) is 54.8 Å². The van der Waals surface area contributed by atoms with Gasteiger partial charge in [0.25, 0.3) is 0 Å². The van der Waals surface area contributed by atoms with Crippen LogP contribution in [0.2, 0.25) is 0 Å². The van der Waals surface area contributed by atoms with E-state index in [9.17, 15) is 9.59 Å². The van der Waals surface area contributed by atoms with E-state index in [0.717, 1.165) is 21.6 Å². The number of hydrogen-bond acceptors (Lipinski definition) is 3. The van der Waals surface area contributed by atoms with E-state index in [0.29, 0.717) is 6.54 Å². The van der Waals surface area contributed by atoms with Crippen molar-refractivity contribution in [1.82, 2.24) is 9.13 Å². The molecule has 2 aromatic carbocycles. The molecule has 1 heterocycles. The predicted molar refractivity (Wildman–Crippen MR) is 98.6 cm³/mol. The van der Waals surface area contributed by atoms with Crippen LogP contribution >= 0.6 is 11.8 Å². The Labute approximate surface area is 144 Å². The predicted octanol–water partition coefficient (Wildman–Crippen LogP) is 3.09. The van der Waals surface area contributed by atoms with Crippen LogP contribution in [0.4, 0.5) is 5.69 Å². The first-order chi connectivity index (χ1) is 11.6. The first-order valence-electron chi connectivity index (χ1n) is 7.68. The number of amides is 1. The number of nitrogens with one attached hydrogen (secondary N) is 1. The fourth-order valence-corrected chi connectivity index (χ4v) is 3.18. The second kappa shape index (κ2) is 6.97. The number of carbonyl (C=O) groups is 1. The van der Waals surface area contributed by atoms with E-state index in [-0.39, 0.29) is 18.0 Å². The Morgan fingerprint density at radius 2 is 1.88 bits per heavy atom. The molecular weight excluding hydrogens is 322 g/mol. The number of fused-ring (bicyclic) bond motifs is 1. The zero-order valence-corrected chi connectivity index (χ0v) is 14.5. The Hall–Kier alpha value is -2.47. The Bertz CT molecular complexity index is 943. The van der Waals surface area contributed by atoms with E-state index in [1.54, 1.807) is 27.9 Å². The van der Waals surface area contributed by atoms with Crippen molar-refractivity contribution in [2.45, 2.75) is 17.9 Å². The summed E-state index contributed by atoms with van der Waals surface area (Å²) in [5.74, 6) is -0.104. The Kier molecular flexibility index (Phi) is 4.76. The summed E-state index contributed by atoms with van der Waals surface area (Å²) >= 11 is 1.63. The van der Waals surface area contributed by atoms with Crippen molar-refractivity contribution in [3.63, 3.8) is 0 Å². The van der Waals surface area contributed by atoms with Gasteiger partial charge in [-0.3, -0.25) is 13.9 Å². The number of para-hydroxylation sites is 2. The summed E-state index contributed by atoms with van der Waals surface area (Å²) in [7, 11) is 1.75. The zero-order valence-electron chi connectivity index (χ0n) is 13.7. The molecule has 0 saturated carbocycles. The van der Waals surface area contributed by atoms with Gasteiger partial charge in [0.05, 0.1) is 11.0 Å². The Balaban J connectivity index is 1.73. The molecule has 0 saturated heterocycles. The van der Waals surface area contributed by atoms with Gasteiger partial charge >= 0.3 is 5.69 Å². The maximum atomic E-state index is 12.3. The molecule has 0 aliphatic heterocycles. The highest BCUT2D eigenvalue weighted by atomic mass is 32.2. The summed E-state index contributed by atoms with van der Waals surface area (Å²) in [5, 5.41) is 2.89. The monoisotopic (exact) mass is 341 g/mol. The van der Waals surface area contributed by atoms with Gasteiger partial charge < -0.3 is 5.32 Å². The standard InChI is InChI=1S/C18H19N3O2S/c1-20-15-8-3-4-9-16(15)21(18(20)23)11-10-17(22)19-13-6-5-7-14(12-13)24-2/h3-9,12H,10-11H2,1-2H3,(H,19,22). The number of nitrogens with zero attached hydrogens (tertiary/aromatic N) is 2. The third-order valence-corrected chi connectivity index (χ3v) is 4.69. The van der Waals surface area contributed by atoms with Crippen LogP contribution in [-0.2, 0) is 18.4 Å². The van der Waals surface area contributed by atoms with Crippen LogP contribution in [0.25, 0.3) is 11.0 Å². The largest absolute Gasteiger partial charge is 0.328 e. The normalized spacial score (nSPS) is 10.9. The molecule has 0 unspecified atom stereocenters. The second-order valence-corrected chi connectivity index (χ2v) is 6.39. The Morgan fingerprint density at radius 1 is 1.12 bits per heavy atom. The molecule has 0 spiro atoms. The third kappa shape index (κ3) is 3.23. The molecule has 1 amide bonds. The smallest absolute Gasteiger partial charge is 0.326 e. The van der Waals surface area contributed by atoms with Gasteiger partial charge in [0.15, 0.2) is 0 Å². The first-order valence-corrected chi connectivity index (χ1v) is 8.91. The van der Waals surface area contributed by atoms with Crippen molar-refractivity contribution < 1.29 is 4.79 Å². The number of aryl methyl sites for hydroxylation is 2. The third-order valence-electron chi connectivity index (χ3n) is 3.97. The van der Waals surface area contributed by atoms with E-state index in [2.05, 4.69) is 5.32 Å². The number of aromatic nitrogens is 2. The average Bonchev–Trinajstić information content (AvgIpc) is 2.84. The van der Waals surface area contributed by atoms with Crippen molar-refractivity contribution in [2.75, 3.05) is 11.6 Å². The molecule has 0 bridgehead atoms. The molecule has 6 heteroatoms. The van der Waals surface area contributed by atoms with Crippen LogP contribution in [0.15, 0.2) is 58.2 Å². The maximum Gasteiger partial charge on any atom is 0.328 e. The van der Waals surface area contributed by atoms with Gasteiger partial charge in [-0.05, 0) is 36.6 Å². The van der Waals surface area contributed by atoms with E-state index < -0.39 is 0 Å². The van der Waals surface area contributed by atoms with Crippen LogP contribution in [0.5, 0.6) is 0 Å². The van der Waals surface area contributed by atoms with Crippen LogP contribution in [0.1, 0.15) is 6.42 Å². The lowest BCUT2D eigenvalue weighted by atomic mass is 10.3. The zero-order chi connectivity index (χ0) is 17.1. The van der Waals surface area contributed by atoms with Crippen LogP contribution < -0.4 is 11.0 Å². The van der Waals surface area contributed by atoms with Crippen molar-refractivity contribution >= 4 is 34.4 Å². The fraction of sp³-hybridized carbons (Fsp3) is 0.222. The number of benzene rings is 2. The van der Waals surface area contributed by atoms with Gasteiger partial charge in [-0.25, -0.2) is 4.79 Å². The summed E-state index contributed by atoms with van der Waals surface area (Å²) in [5.41, 5.74) is 2.39. The van der Waals surface area contributed by atoms with Gasteiger partial charge in [0.1, 0.15) is 0 Å². The molecule has 0 aliphatic carbocycles. The summed E-state index contributed by atoms with van der Waals surface area (Å²) < 4.78 is 3.25. The maximum absolute atomic E-state index is 12.3. The molecule has 1 aromatic heterocycles. The lowest BCUT2D eigenvalue weighted by Gasteiger charge is -2.07. The van der Waals surface area contributed by atoms with Crippen molar-refractivity contribution in [1.29, 1.82) is 0 Å². The quantitative estimate of drug-likeness (QED) is 0.726. The summed E-state index contributed by atoms with van der Waals surface area (Å²) in [6.45, 7) is 0.355. The number of hydrogen-bond donors (Lipinski definition) is 1. The summed E-state index contributed by atoms with van der Waals surface area (Å²) in [6.07, 6.45) is 2.24. The highest BCUT2D eigenvalue weighted by molar-refractivity contribution is 7.98.